The van der Waals surface area contributed by atoms with E-state index in [2.05, 4.69) is 0 Å². The van der Waals surface area contributed by atoms with Gasteiger partial charge in [-0.05, 0) is 25.0 Å². The minimum Gasteiger partial charge on any atom is -0.481 e. The maximum atomic E-state index is 11.9. The second kappa shape index (κ2) is 6.11. The van der Waals surface area contributed by atoms with Crippen LogP contribution in [0.15, 0.2) is 48.5 Å². The molecule has 0 amide bonds. The lowest BCUT2D eigenvalue weighted by atomic mass is 9.52. The van der Waals surface area contributed by atoms with Crippen molar-refractivity contribution in [3.63, 3.8) is 0 Å². The van der Waals surface area contributed by atoms with Crippen molar-refractivity contribution in [1.82, 2.24) is 0 Å². The van der Waals surface area contributed by atoms with Crippen molar-refractivity contribution >= 4 is 11.9 Å². The molecule has 2 N–H and O–H groups in total. The Bertz CT molecular complexity index is 686. The predicted octanol–water partition coefficient (Wildman–Crippen LogP) is 3.59. The van der Waals surface area contributed by atoms with Crippen LogP contribution in [0.5, 0.6) is 0 Å². The van der Waals surface area contributed by atoms with Crippen molar-refractivity contribution in [1.29, 1.82) is 0 Å². The van der Waals surface area contributed by atoms with Crippen molar-refractivity contribution in [3.8, 4) is 0 Å². The van der Waals surface area contributed by atoms with E-state index in [-0.39, 0.29) is 0 Å². The van der Waals surface area contributed by atoms with E-state index in [4.69, 9.17) is 0 Å². The summed E-state index contributed by atoms with van der Waals surface area (Å²) >= 11 is 0. The Morgan fingerprint density at radius 1 is 0.667 bits per heavy atom. The number of benzene rings is 2. The van der Waals surface area contributed by atoms with E-state index in [0.717, 1.165) is 22.3 Å². The Labute approximate surface area is 140 Å². The van der Waals surface area contributed by atoms with Crippen LogP contribution in [0.25, 0.3) is 0 Å². The first-order chi connectivity index (χ1) is 11.4. The summed E-state index contributed by atoms with van der Waals surface area (Å²) < 4.78 is 0. The standard InChI is InChI=1S/C20H20O4/c1-11-3-7-13(8-4-11)15-17(19(21)22)16(18(15)20(23)24)14-9-5-12(2)6-10-14/h3-10,15-18H,1-2H3,(H,21,22)(H,23,24). The third kappa shape index (κ3) is 2.68. The second-order valence-electron chi connectivity index (χ2n) is 6.60. The van der Waals surface area contributed by atoms with Crippen molar-refractivity contribution < 1.29 is 19.8 Å². The Morgan fingerprint density at radius 3 is 1.21 bits per heavy atom. The first kappa shape index (κ1) is 16.2. The first-order valence-corrected chi connectivity index (χ1v) is 7.99. The molecule has 124 valence electrons. The summed E-state index contributed by atoms with van der Waals surface area (Å²) in [6.45, 7) is 3.89. The van der Waals surface area contributed by atoms with Gasteiger partial charge in [-0.2, -0.15) is 0 Å². The molecule has 0 aliphatic heterocycles. The molecule has 0 unspecified atom stereocenters. The van der Waals surface area contributed by atoms with Crippen LogP contribution in [-0.2, 0) is 9.59 Å². The number of aryl methyl sites for hydroxylation is 2. The zero-order valence-electron chi connectivity index (χ0n) is 13.6. The lowest BCUT2D eigenvalue weighted by Crippen LogP contribution is -2.50. The van der Waals surface area contributed by atoms with E-state index in [1.807, 2.05) is 62.4 Å². The highest BCUT2D eigenvalue weighted by Crippen LogP contribution is 2.57. The number of carboxylic acid groups (broad SMARTS) is 2. The summed E-state index contributed by atoms with van der Waals surface area (Å²) in [6, 6.07) is 15.0. The van der Waals surface area contributed by atoms with Gasteiger partial charge in [0.25, 0.3) is 0 Å². The molecule has 0 bridgehead atoms. The van der Waals surface area contributed by atoms with Crippen molar-refractivity contribution in [2.75, 3.05) is 0 Å². The quantitative estimate of drug-likeness (QED) is 0.901. The number of rotatable bonds is 4. The van der Waals surface area contributed by atoms with Crippen LogP contribution in [0, 0.1) is 25.7 Å². The smallest absolute Gasteiger partial charge is 0.307 e. The van der Waals surface area contributed by atoms with Crippen LogP contribution in [0.1, 0.15) is 34.1 Å². The van der Waals surface area contributed by atoms with Gasteiger partial charge in [-0.25, -0.2) is 0 Å². The van der Waals surface area contributed by atoms with E-state index >= 15 is 0 Å². The maximum absolute atomic E-state index is 11.9. The van der Waals surface area contributed by atoms with Gasteiger partial charge >= 0.3 is 11.9 Å². The molecule has 1 aliphatic rings. The number of carboxylic acids is 2. The summed E-state index contributed by atoms with van der Waals surface area (Å²) in [4.78, 5) is 23.7. The zero-order valence-corrected chi connectivity index (χ0v) is 13.6. The highest BCUT2D eigenvalue weighted by molar-refractivity contribution is 5.83. The van der Waals surface area contributed by atoms with Crippen molar-refractivity contribution in [2.45, 2.75) is 25.7 Å². The molecular weight excluding hydrogens is 304 g/mol. The highest BCUT2D eigenvalue weighted by Gasteiger charge is 2.58. The van der Waals surface area contributed by atoms with E-state index in [1.165, 1.54) is 0 Å². The molecule has 0 heterocycles. The van der Waals surface area contributed by atoms with Gasteiger partial charge in [0, 0.05) is 11.8 Å². The molecule has 24 heavy (non-hydrogen) atoms. The summed E-state index contributed by atoms with van der Waals surface area (Å²) in [6.07, 6.45) is 0. The van der Waals surface area contributed by atoms with Crippen LogP contribution in [-0.4, -0.2) is 22.2 Å². The molecule has 1 aliphatic carbocycles. The zero-order chi connectivity index (χ0) is 17.4. The van der Waals surface area contributed by atoms with E-state index in [9.17, 15) is 19.8 Å². The lowest BCUT2D eigenvalue weighted by Gasteiger charge is -2.48. The van der Waals surface area contributed by atoms with Crippen LogP contribution < -0.4 is 0 Å². The van der Waals surface area contributed by atoms with Crippen molar-refractivity contribution in [2.24, 2.45) is 11.8 Å². The van der Waals surface area contributed by atoms with Gasteiger partial charge in [0.15, 0.2) is 0 Å². The molecule has 0 spiro atoms. The Hall–Kier alpha value is -2.62. The van der Waals surface area contributed by atoms with Gasteiger partial charge in [0.1, 0.15) is 0 Å². The molecule has 0 aromatic heterocycles. The average molecular weight is 324 g/mol. The minimum absolute atomic E-state index is 0.507. The molecule has 1 saturated carbocycles. The van der Waals surface area contributed by atoms with Crippen LogP contribution in [0.2, 0.25) is 0 Å². The van der Waals surface area contributed by atoms with Gasteiger partial charge in [-0.3, -0.25) is 9.59 Å². The summed E-state index contributed by atoms with van der Waals surface area (Å²) in [5.41, 5.74) is 3.69. The largest absolute Gasteiger partial charge is 0.481 e. The monoisotopic (exact) mass is 324 g/mol. The fourth-order valence-corrected chi connectivity index (χ4v) is 3.77. The fraction of sp³-hybridized carbons (Fsp3) is 0.300. The Morgan fingerprint density at radius 2 is 0.958 bits per heavy atom. The Balaban J connectivity index is 2.03. The highest BCUT2D eigenvalue weighted by atomic mass is 16.4. The number of hydrogen-bond acceptors (Lipinski definition) is 2. The molecule has 0 atom stereocenters. The van der Waals surface area contributed by atoms with Gasteiger partial charge in [0.2, 0.25) is 0 Å². The summed E-state index contributed by atoms with van der Waals surface area (Å²) in [5, 5.41) is 19.4. The van der Waals surface area contributed by atoms with Gasteiger partial charge in [-0.15, -0.1) is 0 Å². The van der Waals surface area contributed by atoms with Crippen LogP contribution in [0.3, 0.4) is 0 Å². The van der Waals surface area contributed by atoms with E-state index in [1.54, 1.807) is 0 Å². The van der Waals surface area contributed by atoms with Gasteiger partial charge in [0.05, 0.1) is 11.8 Å². The topological polar surface area (TPSA) is 74.6 Å². The molecule has 4 heteroatoms. The normalized spacial score (nSPS) is 25.8. The second-order valence-corrected chi connectivity index (χ2v) is 6.60. The Kier molecular flexibility index (Phi) is 4.14. The third-order valence-electron chi connectivity index (χ3n) is 5.04. The molecule has 2 aromatic carbocycles. The van der Waals surface area contributed by atoms with Crippen LogP contribution >= 0.6 is 0 Å². The molecule has 1 fully saturated rings. The summed E-state index contributed by atoms with van der Waals surface area (Å²) in [5.74, 6) is -4.35. The number of aliphatic carboxylic acids is 2. The average Bonchev–Trinajstić information content (AvgIpc) is 2.49. The molecular formula is C20H20O4. The molecule has 3 rings (SSSR count). The SMILES string of the molecule is Cc1ccc(C2C(C(=O)O)C(c3ccc(C)cc3)C2C(=O)O)cc1. The third-order valence-corrected chi connectivity index (χ3v) is 5.04. The molecule has 4 nitrogen and oxygen atoms in total. The molecule has 0 saturated heterocycles. The minimum atomic E-state index is -0.941. The summed E-state index contributed by atoms with van der Waals surface area (Å²) in [7, 11) is 0. The molecule has 2 aromatic rings. The van der Waals surface area contributed by atoms with E-state index in [0.29, 0.717) is 0 Å². The predicted molar refractivity (Wildman–Crippen MR) is 90.1 cm³/mol. The first-order valence-electron chi connectivity index (χ1n) is 7.99. The van der Waals surface area contributed by atoms with Crippen molar-refractivity contribution in [3.05, 3.63) is 70.8 Å². The van der Waals surface area contributed by atoms with Crippen LogP contribution in [0.4, 0.5) is 0 Å². The van der Waals surface area contributed by atoms with Gasteiger partial charge < -0.3 is 10.2 Å². The fourth-order valence-electron chi connectivity index (χ4n) is 3.77. The maximum Gasteiger partial charge on any atom is 0.307 e. The van der Waals surface area contributed by atoms with Gasteiger partial charge in [-0.1, -0.05) is 59.7 Å². The number of hydrogen-bond donors (Lipinski definition) is 2. The van der Waals surface area contributed by atoms with E-state index < -0.39 is 35.6 Å². The number of carbonyl (C=O) groups is 2. The molecule has 0 radical (unpaired) electrons. The lowest BCUT2D eigenvalue weighted by molar-refractivity contribution is -0.159.